The molecule has 5 rings (SSSR count). The summed E-state index contributed by atoms with van der Waals surface area (Å²) in [5.74, 6) is -1.32. The smallest absolute Gasteiger partial charge is 0.248 e. The highest BCUT2D eigenvalue weighted by Gasteiger charge is 2.36. The van der Waals surface area contributed by atoms with Crippen molar-refractivity contribution >= 4 is 11.2 Å². The molecule has 2 fully saturated rings. The minimum Gasteiger partial charge on any atom is -0.332 e. The molecule has 2 aliphatic heterocycles. The van der Waals surface area contributed by atoms with Crippen LogP contribution in [0.4, 0.5) is 14.5 Å². The van der Waals surface area contributed by atoms with Crippen LogP contribution < -0.4 is 10.2 Å². The molecule has 32 heavy (non-hydrogen) atoms. The second kappa shape index (κ2) is 9.10. The van der Waals surface area contributed by atoms with Gasteiger partial charge in [0.25, 0.3) is 0 Å². The summed E-state index contributed by atoms with van der Waals surface area (Å²) in [4.78, 5) is 4.76. The normalized spacial score (nSPS) is 27.3. The topological polar surface area (TPSA) is 35.8 Å². The lowest BCUT2D eigenvalue weighted by molar-refractivity contribution is -0.0512. The van der Waals surface area contributed by atoms with Crippen LogP contribution in [0.1, 0.15) is 51.0 Å². The summed E-state index contributed by atoms with van der Waals surface area (Å²) < 4.78 is 28.9. The number of anilines is 1. The lowest BCUT2D eigenvalue weighted by Gasteiger charge is -2.41. The summed E-state index contributed by atoms with van der Waals surface area (Å²) in [6.07, 6.45) is 13.2. The summed E-state index contributed by atoms with van der Waals surface area (Å²) in [7, 11) is 0. The molecule has 1 saturated carbocycles. The van der Waals surface area contributed by atoms with E-state index in [9.17, 15) is 8.78 Å². The van der Waals surface area contributed by atoms with Crippen molar-refractivity contribution in [3.05, 3.63) is 42.4 Å². The van der Waals surface area contributed by atoms with E-state index in [4.69, 9.17) is 0 Å². The third-order valence-electron chi connectivity index (χ3n) is 7.68. The number of rotatable bonds is 5. The van der Waals surface area contributed by atoms with Crippen molar-refractivity contribution in [2.45, 2.75) is 63.8 Å². The molecule has 2 aromatic rings. The molecule has 1 N–H and O–H groups in total. The molecule has 5 nitrogen and oxygen atoms in total. The molecule has 0 amide bonds. The van der Waals surface area contributed by atoms with Crippen LogP contribution in [0.3, 0.4) is 0 Å². The number of aromatic nitrogens is 2. The van der Waals surface area contributed by atoms with Crippen molar-refractivity contribution in [2.24, 2.45) is 11.8 Å². The zero-order chi connectivity index (χ0) is 22.1. The van der Waals surface area contributed by atoms with Crippen LogP contribution in [0.25, 0.3) is 5.52 Å². The number of nitrogens with zero attached hydrogens (tertiary/aromatic N) is 4. The van der Waals surface area contributed by atoms with Crippen molar-refractivity contribution in [1.29, 1.82) is 0 Å². The summed E-state index contributed by atoms with van der Waals surface area (Å²) in [6, 6.07) is 5.02. The maximum atomic E-state index is 13.5. The third-order valence-corrected chi connectivity index (χ3v) is 7.68. The molecule has 0 unspecified atom stereocenters. The van der Waals surface area contributed by atoms with Crippen LogP contribution in [0.15, 0.2) is 36.8 Å². The summed E-state index contributed by atoms with van der Waals surface area (Å²) in [5, 5.41) is 7.90. The molecule has 174 valence electrons. The minimum absolute atomic E-state index is 0.0743. The average Bonchev–Trinajstić information content (AvgIpc) is 3.21. The number of halogens is 2. The van der Waals surface area contributed by atoms with Crippen LogP contribution in [0.5, 0.6) is 0 Å². The summed E-state index contributed by atoms with van der Waals surface area (Å²) >= 11 is 0. The van der Waals surface area contributed by atoms with Gasteiger partial charge in [-0.1, -0.05) is 6.08 Å². The Kier molecular flexibility index (Phi) is 6.21. The Hall–Kier alpha value is -1.99. The molecule has 0 radical (unpaired) electrons. The van der Waals surface area contributed by atoms with Gasteiger partial charge >= 0.3 is 0 Å². The Morgan fingerprint density at radius 2 is 2.03 bits per heavy atom. The molecular weight excluding hydrogens is 408 g/mol. The Morgan fingerprint density at radius 3 is 2.78 bits per heavy atom. The molecule has 3 aliphatic rings. The van der Waals surface area contributed by atoms with E-state index in [2.05, 4.69) is 57.7 Å². The van der Waals surface area contributed by atoms with E-state index in [0.29, 0.717) is 30.7 Å². The third kappa shape index (κ3) is 4.84. The fourth-order valence-corrected chi connectivity index (χ4v) is 5.75. The van der Waals surface area contributed by atoms with Gasteiger partial charge in [0.2, 0.25) is 5.92 Å². The molecule has 7 heteroatoms. The first-order valence-corrected chi connectivity index (χ1v) is 12.2. The Bertz CT molecular complexity index is 945. The van der Waals surface area contributed by atoms with Gasteiger partial charge in [0, 0.05) is 44.4 Å². The Balaban J connectivity index is 1.19. The van der Waals surface area contributed by atoms with E-state index in [-0.39, 0.29) is 12.8 Å². The van der Waals surface area contributed by atoms with E-state index in [1.165, 1.54) is 18.4 Å². The van der Waals surface area contributed by atoms with Gasteiger partial charge in [0.15, 0.2) is 0 Å². The van der Waals surface area contributed by atoms with Gasteiger partial charge in [-0.3, -0.25) is 5.32 Å². The van der Waals surface area contributed by atoms with Gasteiger partial charge in [-0.25, -0.2) is 13.3 Å². The van der Waals surface area contributed by atoms with Crippen molar-refractivity contribution in [3.8, 4) is 0 Å². The van der Waals surface area contributed by atoms with E-state index in [1.807, 2.05) is 10.7 Å². The largest absolute Gasteiger partial charge is 0.332 e. The molecule has 0 bridgehead atoms. The van der Waals surface area contributed by atoms with E-state index in [1.54, 1.807) is 0 Å². The average molecular weight is 444 g/mol. The predicted octanol–water partition coefficient (Wildman–Crippen LogP) is 4.68. The molecular formula is C25H35F2N5. The van der Waals surface area contributed by atoms with Crippen LogP contribution in [0.2, 0.25) is 0 Å². The number of fused-ring (bicyclic) bond motifs is 1. The first kappa shape index (κ1) is 21.8. The fourth-order valence-electron chi connectivity index (χ4n) is 5.75. The summed E-state index contributed by atoms with van der Waals surface area (Å²) in [5.41, 5.74) is 3.65. The highest BCUT2D eigenvalue weighted by Crippen LogP contribution is 2.37. The highest BCUT2D eigenvalue weighted by atomic mass is 19.3. The van der Waals surface area contributed by atoms with Crippen LogP contribution in [0, 0.1) is 11.8 Å². The number of nitrogens with one attached hydrogen (secondary N) is 1. The molecule has 1 aliphatic carbocycles. The molecule has 2 aromatic heterocycles. The van der Waals surface area contributed by atoms with Crippen LogP contribution in [-0.2, 0) is 6.42 Å². The number of likely N-dealkylation sites (tertiary alicyclic amines) is 1. The van der Waals surface area contributed by atoms with E-state index in [0.717, 1.165) is 43.9 Å². The van der Waals surface area contributed by atoms with Crippen molar-refractivity contribution in [2.75, 3.05) is 31.2 Å². The lowest BCUT2D eigenvalue weighted by Crippen LogP contribution is -2.44. The first-order chi connectivity index (χ1) is 15.5. The molecule has 4 heterocycles. The number of hydrogen-bond acceptors (Lipinski definition) is 4. The van der Waals surface area contributed by atoms with Gasteiger partial charge in [-0.2, -0.15) is 5.10 Å². The lowest BCUT2D eigenvalue weighted by atomic mass is 9.83. The van der Waals surface area contributed by atoms with Gasteiger partial charge < -0.3 is 9.80 Å². The molecule has 2 atom stereocenters. The number of pyridine rings is 1. The maximum Gasteiger partial charge on any atom is 0.248 e. The van der Waals surface area contributed by atoms with Gasteiger partial charge in [0.05, 0.1) is 24.1 Å². The molecule has 0 spiro atoms. The predicted molar refractivity (Wildman–Crippen MR) is 124 cm³/mol. The monoisotopic (exact) mass is 443 g/mol. The minimum atomic E-state index is -2.42. The first-order valence-electron chi connectivity index (χ1n) is 12.2. The second-order valence-electron chi connectivity index (χ2n) is 10.1. The standard InChI is InChI=1S/C25H35F2N5/c1-19-13-21(5-11-30(19)17-20-3-7-25(26,27)8-4-20)14-22-6-12-32-23(15-22)24(16-29-32)31-10-2-9-28-18-31/h2,6,10,12,15-16,19-21,28H,3-5,7-9,11,13-14,17-18H2,1H3/t19-,21+/m0/s1. The zero-order valence-electron chi connectivity index (χ0n) is 19.0. The van der Waals surface area contributed by atoms with Gasteiger partial charge in [0.1, 0.15) is 0 Å². The van der Waals surface area contributed by atoms with E-state index < -0.39 is 5.92 Å². The summed E-state index contributed by atoms with van der Waals surface area (Å²) in [6.45, 7) is 6.11. The highest BCUT2D eigenvalue weighted by molar-refractivity contribution is 5.74. The van der Waals surface area contributed by atoms with E-state index >= 15 is 0 Å². The molecule has 1 saturated heterocycles. The van der Waals surface area contributed by atoms with Crippen LogP contribution in [-0.4, -0.2) is 52.8 Å². The number of alkyl halides is 2. The Labute approximate surface area is 189 Å². The fraction of sp³-hybridized carbons (Fsp3) is 0.640. The zero-order valence-corrected chi connectivity index (χ0v) is 19.0. The van der Waals surface area contributed by atoms with Crippen molar-refractivity contribution in [1.82, 2.24) is 19.8 Å². The van der Waals surface area contributed by atoms with Crippen LogP contribution >= 0.6 is 0 Å². The maximum absolute atomic E-state index is 13.5. The molecule has 0 aromatic carbocycles. The van der Waals surface area contributed by atoms with Gasteiger partial charge in [-0.15, -0.1) is 0 Å². The van der Waals surface area contributed by atoms with Crippen molar-refractivity contribution < 1.29 is 8.78 Å². The Morgan fingerprint density at radius 1 is 1.19 bits per heavy atom. The second-order valence-corrected chi connectivity index (χ2v) is 10.1. The van der Waals surface area contributed by atoms with Crippen molar-refractivity contribution in [3.63, 3.8) is 0 Å². The SMILES string of the molecule is C[C@H]1C[C@H](Cc2ccn3ncc(N4C=CCNC4)c3c2)CCN1CC1CCC(F)(F)CC1. The van der Waals surface area contributed by atoms with Gasteiger partial charge in [-0.05, 0) is 75.1 Å². The number of hydrogen-bond donors (Lipinski definition) is 1. The quantitative estimate of drug-likeness (QED) is 0.728. The number of piperidine rings is 1.